The highest BCUT2D eigenvalue weighted by atomic mass is 19.4. The molecule has 9 heteroatoms. The van der Waals surface area contributed by atoms with E-state index in [0.717, 1.165) is 0 Å². The van der Waals surface area contributed by atoms with Gasteiger partial charge in [0.25, 0.3) is 0 Å². The number of nitrogens with one attached hydrogen (secondary N) is 1. The standard InChI is InChI=1S/C13H17F3N4O2/c1-9-6-10(8-17-11(21)7-13(14,15)16)19-12(18-9)20-2-4-22-5-3-20/h6H,2-5,7-8H2,1H3,(H,17,21). The predicted molar refractivity (Wildman–Crippen MR) is 72.3 cm³/mol. The molecule has 122 valence electrons. The van der Waals surface area contributed by atoms with Crippen LogP contribution in [0, 0.1) is 6.92 Å². The average molecular weight is 318 g/mol. The minimum atomic E-state index is -4.51. The number of ether oxygens (including phenoxy) is 1. The number of amides is 1. The fourth-order valence-corrected chi connectivity index (χ4v) is 2.05. The van der Waals surface area contributed by atoms with E-state index < -0.39 is 18.5 Å². The molecule has 2 rings (SSSR count). The lowest BCUT2D eigenvalue weighted by Crippen LogP contribution is -2.37. The number of nitrogens with zero attached hydrogens (tertiary/aromatic N) is 3. The van der Waals surface area contributed by atoms with Crippen LogP contribution in [0.1, 0.15) is 17.8 Å². The highest BCUT2D eigenvalue weighted by molar-refractivity contribution is 5.76. The van der Waals surface area contributed by atoms with Crippen LogP contribution in [0.5, 0.6) is 0 Å². The monoisotopic (exact) mass is 318 g/mol. The molecular formula is C13H17F3N4O2. The molecule has 2 heterocycles. The van der Waals surface area contributed by atoms with Gasteiger partial charge in [-0.15, -0.1) is 0 Å². The summed E-state index contributed by atoms with van der Waals surface area (Å²) in [6.07, 6.45) is -6.00. The fourth-order valence-electron chi connectivity index (χ4n) is 2.05. The molecule has 0 radical (unpaired) electrons. The van der Waals surface area contributed by atoms with E-state index in [1.54, 1.807) is 13.0 Å². The van der Waals surface area contributed by atoms with E-state index in [1.165, 1.54) is 0 Å². The minimum Gasteiger partial charge on any atom is -0.378 e. The summed E-state index contributed by atoms with van der Waals surface area (Å²) in [5, 5.41) is 2.22. The van der Waals surface area contributed by atoms with E-state index in [-0.39, 0.29) is 6.54 Å². The lowest BCUT2D eigenvalue weighted by molar-refractivity contribution is -0.153. The van der Waals surface area contributed by atoms with Crippen molar-refractivity contribution >= 4 is 11.9 Å². The van der Waals surface area contributed by atoms with Crippen LogP contribution >= 0.6 is 0 Å². The van der Waals surface area contributed by atoms with Crippen LogP contribution in [0.25, 0.3) is 0 Å². The number of rotatable bonds is 4. The molecule has 6 nitrogen and oxygen atoms in total. The Balaban J connectivity index is 1.99. The van der Waals surface area contributed by atoms with E-state index in [4.69, 9.17) is 4.74 Å². The molecule has 1 fully saturated rings. The molecule has 1 N–H and O–H groups in total. The molecule has 0 aliphatic carbocycles. The van der Waals surface area contributed by atoms with Gasteiger partial charge in [0.2, 0.25) is 11.9 Å². The first-order chi connectivity index (χ1) is 10.3. The number of carbonyl (C=O) groups excluding carboxylic acids is 1. The van der Waals surface area contributed by atoms with Crippen molar-refractivity contribution in [2.24, 2.45) is 0 Å². The Hall–Kier alpha value is -1.90. The molecule has 0 atom stereocenters. The maximum atomic E-state index is 12.1. The Morgan fingerprint density at radius 3 is 2.68 bits per heavy atom. The summed E-state index contributed by atoms with van der Waals surface area (Å²) in [5.74, 6) is -0.569. The van der Waals surface area contributed by atoms with Gasteiger partial charge in [0.15, 0.2) is 0 Å². The molecule has 1 aromatic rings. The van der Waals surface area contributed by atoms with Crippen LogP contribution < -0.4 is 10.2 Å². The summed E-state index contributed by atoms with van der Waals surface area (Å²) >= 11 is 0. The van der Waals surface area contributed by atoms with Gasteiger partial charge in [-0.05, 0) is 13.0 Å². The fraction of sp³-hybridized carbons (Fsp3) is 0.615. The highest BCUT2D eigenvalue weighted by Gasteiger charge is 2.31. The van der Waals surface area contributed by atoms with Gasteiger partial charge in [-0.3, -0.25) is 4.79 Å². The van der Waals surface area contributed by atoms with E-state index in [1.807, 2.05) is 4.90 Å². The number of morpholine rings is 1. The molecule has 1 aromatic heterocycles. The van der Waals surface area contributed by atoms with Gasteiger partial charge in [0, 0.05) is 18.8 Å². The van der Waals surface area contributed by atoms with E-state index >= 15 is 0 Å². The quantitative estimate of drug-likeness (QED) is 0.903. The Morgan fingerprint density at radius 1 is 1.36 bits per heavy atom. The first-order valence-corrected chi connectivity index (χ1v) is 6.84. The van der Waals surface area contributed by atoms with E-state index in [2.05, 4.69) is 15.3 Å². The van der Waals surface area contributed by atoms with Crippen LogP contribution in [-0.2, 0) is 16.1 Å². The van der Waals surface area contributed by atoms with E-state index in [0.29, 0.717) is 43.6 Å². The zero-order valence-electron chi connectivity index (χ0n) is 12.1. The van der Waals surface area contributed by atoms with Crippen molar-refractivity contribution in [3.05, 3.63) is 17.5 Å². The van der Waals surface area contributed by atoms with Crippen LogP contribution in [0.2, 0.25) is 0 Å². The highest BCUT2D eigenvalue weighted by Crippen LogP contribution is 2.19. The molecular weight excluding hydrogens is 301 g/mol. The number of carbonyl (C=O) groups is 1. The summed E-state index contributed by atoms with van der Waals surface area (Å²) in [7, 11) is 0. The molecule has 0 aromatic carbocycles. The van der Waals surface area contributed by atoms with Crippen LogP contribution in [0.15, 0.2) is 6.07 Å². The van der Waals surface area contributed by atoms with E-state index in [9.17, 15) is 18.0 Å². The van der Waals surface area contributed by atoms with Gasteiger partial charge in [-0.2, -0.15) is 13.2 Å². The number of anilines is 1. The Labute approximate surface area is 125 Å². The first kappa shape index (κ1) is 16.5. The molecule has 0 bridgehead atoms. The minimum absolute atomic E-state index is 0.0599. The van der Waals surface area contributed by atoms with Crippen molar-refractivity contribution in [1.29, 1.82) is 0 Å². The summed E-state index contributed by atoms with van der Waals surface area (Å²) < 4.78 is 41.5. The number of aromatic nitrogens is 2. The third kappa shape index (κ3) is 5.14. The third-order valence-electron chi connectivity index (χ3n) is 3.02. The summed E-state index contributed by atoms with van der Waals surface area (Å²) in [6, 6.07) is 1.64. The average Bonchev–Trinajstić information content (AvgIpc) is 2.44. The zero-order valence-corrected chi connectivity index (χ0v) is 12.1. The van der Waals surface area contributed by atoms with Gasteiger partial charge in [0.1, 0.15) is 6.42 Å². The molecule has 0 saturated carbocycles. The Bertz CT molecular complexity index is 531. The number of hydrogen-bond donors (Lipinski definition) is 1. The van der Waals surface area contributed by atoms with Crippen molar-refractivity contribution in [1.82, 2.24) is 15.3 Å². The topological polar surface area (TPSA) is 67.4 Å². The molecule has 1 aliphatic rings. The molecule has 0 unspecified atom stereocenters. The summed E-state index contributed by atoms with van der Waals surface area (Å²) in [5.41, 5.74) is 1.17. The maximum absolute atomic E-state index is 12.1. The lowest BCUT2D eigenvalue weighted by Gasteiger charge is -2.27. The number of alkyl halides is 3. The van der Waals surface area contributed by atoms with Crippen LogP contribution in [0.3, 0.4) is 0 Å². The molecule has 0 spiro atoms. The van der Waals surface area contributed by atoms with Crippen LogP contribution in [-0.4, -0.2) is 48.4 Å². The van der Waals surface area contributed by atoms with Gasteiger partial charge < -0.3 is 15.0 Å². The van der Waals surface area contributed by atoms with Gasteiger partial charge >= 0.3 is 6.18 Å². The second kappa shape index (κ2) is 6.91. The summed E-state index contributed by atoms with van der Waals surface area (Å²) in [6.45, 7) is 4.18. The molecule has 1 amide bonds. The number of aryl methyl sites for hydroxylation is 1. The lowest BCUT2D eigenvalue weighted by atomic mass is 10.3. The third-order valence-corrected chi connectivity index (χ3v) is 3.02. The second-order valence-electron chi connectivity index (χ2n) is 4.97. The summed E-state index contributed by atoms with van der Waals surface area (Å²) in [4.78, 5) is 21.7. The van der Waals surface area contributed by atoms with Crippen molar-refractivity contribution in [3.8, 4) is 0 Å². The SMILES string of the molecule is Cc1cc(CNC(=O)CC(F)(F)F)nc(N2CCOCC2)n1. The molecule has 22 heavy (non-hydrogen) atoms. The Morgan fingerprint density at radius 2 is 2.05 bits per heavy atom. The number of hydrogen-bond acceptors (Lipinski definition) is 5. The van der Waals surface area contributed by atoms with Crippen molar-refractivity contribution < 1.29 is 22.7 Å². The molecule has 1 aliphatic heterocycles. The normalized spacial score (nSPS) is 15.7. The van der Waals surface area contributed by atoms with Gasteiger partial charge in [0.05, 0.1) is 25.5 Å². The smallest absolute Gasteiger partial charge is 0.378 e. The zero-order chi connectivity index (χ0) is 16.2. The van der Waals surface area contributed by atoms with Crippen molar-refractivity contribution in [2.75, 3.05) is 31.2 Å². The van der Waals surface area contributed by atoms with Gasteiger partial charge in [-0.25, -0.2) is 9.97 Å². The largest absolute Gasteiger partial charge is 0.397 e. The predicted octanol–water partition coefficient (Wildman–Crippen LogP) is 1.19. The van der Waals surface area contributed by atoms with Crippen molar-refractivity contribution in [3.63, 3.8) is 0 Å². The molecule has 1 saturated heterocycles. The second-order valence-corrected chi connectivity index (χ2v) is 4.97. The Kier molecular flexibility index (Phi) is 5.17. The van der Waals surface area contributed by atoms with Gasteiger partial charge in [-0.1, -0.05) is 0 Å². The first-order valence-electron chi connectivity index (χ1n) is 6.84. The van der Waals surface area contributed by atoms with Crippen molar-refractivity contribution in [2.45, 2.75) is 26.1 Å². The maximum Gasteiger partial charge on any atom is 0.397 e. The number of halogens is 3. The van der Waals surface area contributed by atoms with Crippen LogP contribution in [0.4, 0.5) is 19.1 Å².